The van der Waals surface area contributed by atoms with Crippen molar-refractivity contribution >= 4 is 29.3 Å². The number of carbonyl (C=O) groups excluding carboxylic acids is 2. The van der Waals surface area contributed by atoms with Gasteiger partial charge in [-0.05, 0) is 68.3 Å². The van der Waals surface area contributed by atoms with Gasteiger partial charge >= 0.3 is 0 Å². The largest absolute Gasteiger partial charge is 0.484 e. The van der Waals surface area contributed by atoms with Crippen LogP contribution >= 0.6 is 0 Å². The number of benzene rings is 3. The molecule has 0 saturated carbocycles. The van der Waals surface area contributed by atoms with Gasteiger partial charge in [-0.25, -0.2) is 0 Å². The fourth-order valence-corrected chi connectivity index (χ4v) is 3.14. The highest BCUT2D eigenvalue weighted by molar-refractivity contribution is 6.10. The van der Waals surface area contributed by atoms with E-state index in [1.807, 2.05) is 69.3 Å². The Morgan fingerprint density at radius 3 is 2.36 bits per heavy atom. The van der Waals surface area contributed by atoms with E-state index < -0.39 is 5.91 Å². The molecule has 0 atom stereocenters. The Labute approximate surface area is 193 Å². The summed E-state index contributed by atoms with van der Waals surface area (Å²) in [5, 5.41) is 15.0. The Balaban J connectivity index is 1.64. The summed E-state index contributed by atoms with van der Waals surface area (Å²) in [7, 11) is 0. The van der Waals surface area contributed by atoms with Gasteiger partial charge in [-0.3, -0.25) is 9.59 Å². The molecule has 0 aliphatic carbocycles. The molecule has 0 bridgehead atoms. The van der Waals surface area contributed by atoms with Gasteiger partial charge in [0.15, 0.2) is 6.61 Å². The summed E-state index contributed by atoms with van der Waals surface area (Å²) >= 11 is 0. The predicted molar refractivity (Wildman–Crippen MR) is 130 cm³/mol. The van der Waals surface area contributed by atoms with Crippen LogP contribution in [0.25, 0.3) is 6.08 Å². The van der Waals surface area contributed by atoms with Gasteiger partial charge in [0.2, 0.25) is 0 Å². The van der Waals surface area contributed by atoms with Gasteiger partial charge in [-0.15, -0.1) is 0 Å². The third-order valence-electron chi connectivity index (χ3n) is 4.87. The van der Waals surface area contributed by atoms with Crippen LogP contribution in [0.3, 0.4) is 0 Å². The molecule has 0 spiro atoms. The van der Waals surface area contributed by atoms with E-state index in [1.165, 1.54) is 6.08 Å². The molecule has 2 N–H and O–H groups in total. The lowest BCUT2D eigenvalue weighted by Gasteiger charge is -2.09. The van der Waals surface area contributed by atoms with E-state index in [2.05, 4.69) is 10.6 Å². The molecular weight excluding hydrogens is 414 g/mol. The second-order valence-electron chi connectivity index (χ2n) is 7.72. The highest BCUT2D eigenvalue weighted by Crippen LogP contribution is 2.19. The van der Waals surface area contributed by atoms with Crippen LogP contribution in [0.15, 0.2) is 72.3 Å². The fraction of sp³-hybridized carbons (Fsp3) is 0.148. The number of carbonyl (C=O) groups is 2. The quantitative estimate of drug-likeness (QED) is 0.392. The summed E-state index contributed by atoms with van der Waals surface area (Å²) in [4.78, 5) is 24.7. The summed E-state index contributed by atoms with van der Waals surface area (Å²) in [5.41, 5.74) is 5.03. The molecule has 0 fully saturated rings. The molecular formula is C27H25N3O3. The van der Waals surface area contributed by atoms with E-state index in [9.17, 15) is 14.9 Å². The maximum Gasteiger partial charge on any atom is 0.266 e. The Morgan fingerprint density at radius 1 is 0.939 bits per heavy atom. The Bertz CT molecular complexity index is 1240. The van der Waals surface area contributed by atoms with Crippen molar-refractivity contribution in [2.75, 3.05) is 17.2 Å². The summed E-state index contributed by atoms with van der Waals surface area (Å²) in [6.45, 7) is 5.68. The van der Waals surface area contributed by atoms with Gasteiger partial charge in [0.05, 0.1) is 0 Å². The van der Waals surface area contributed by atoms with Crippen LogP contribution in [0.4, 0.5) is 11.4 Å². The van der Waals surface area contributed by atoms with E-state index in [0.29, 0.717) is 22.7 Å². The minimum Gasteiger partial charge on any atom is -0.484 e. The standard InChI is InChI=1S/C27H25N3O3/c1-18-7-10-23(11-8-18)29-26(31)17-33-24-6-4-5-21(15-24)14-22(16-28)27(32)30-25-12-9-19(2)13-20(25)3/h4-15H,17H2,1-3H3,(H,29,31)(H,30,32)/b22-14-. The molecule has 0 saturated heterocycles. The summed E-state index contributed by atoms with van der Waals surface area (Å²) in [6.07, 6.45) is 1.48. The van der Waals surface area contributed by atoms with Gasteiger partial charge in [0, 0.05) is 11.4 Å². The maximum atomic E-state index is 12.6. The lowest BCUT2D eigenvalue weighted by atomic mass is 10.1. The van der Waals surface area contributed by atoms with Crippen LogP contribution in [0.1, 0.15) is 22.3 Å². The van der Waals surface area contributed by atoms with Crippen molar-refractivity contribution in [1.29, 1.82) is 5.26 Å². The minimum atomic E-state index is -0.492. The number of aryl methyl sites for hydroxylation is 3. The number of amides is 2. The number of ether oxygens (including phenoxy) is 1. The number of anilines is 2. The molecule has 0 aliphatic rings. The summed E-state index contributed by atoms with van der Waals surface area (Å²) in [6, 6.07) is 21.9. The zero-order valence-electron chi connectivity index (χ0n) is 18.8. The zero-order chi connectivity index (χ0) is 23.8. The van der Waals surface area contributed by atoms with E-state index in [-0.39, 0.29) is 18.1 Å². The van der Waals surface area contributed by atoms with Crippen molar-refractivity contribution in [3.8, 4) is 11.8 Å². The molecule has 166 valence electrons. The Morgan fingerprint density at radius 2 is 1.67 bits per heavy atom. The summed E-state index contributed by atoms with van der Waals surface area (Å²) < 4.78 is 5.58. The van der Waals surface area contributed by atoms with Crippen molar-refractivity contribution in [1.82, 2.24) is 0 Å². The molecule has 2 amide bonds. The maximum absolute atomic E-state index is 12.6. The van der Waals surface area contributed by atoms with Gasteiger partial charge < -0.3 is 15.4 Å². The highest BCUT2D eigenvalue weighted by Gasteiger charge is 2.11. The van der Waals surface area contributed by atoms with Crippen LogP contribution in [0, 0.1) is 32.1 Å². The number of nitrogens with one attached hydrogen (secondary N) is 2. The average Bonchev–Trinajstić information content (AvgIpc) is 2.79. The first-order valence-corrected chi connectivity index (χ1v) is 10.4. The molecule has 0 heterocycles. The fourth-order valence-electron chi connectivity index (χ4n) is 3.14. The van der Waals surface area contributed by atoms with Crippen LogP contribution in [0.2, 0.25) is 0 Å². The lowest BCUT2D eigenvalue weighted by Crippen LogP contribution is -2.20. The topological polar surface area (TPSA) is 91.2 Å². The molecule has 0 aromatic heterocycles. The molecule has 0 unspecified atom stereocenters. The third kappa shape index (κ3) is 6.81. The number of rotatable bonds is 7. The van der Waals surface area contributed by atoms with E-state index in [1.54, 1.807) is 24.3 Å². The second-order valence-corrected chi connectivity index (χ2v) is 7.72. The Hall–Kier alpha value is -4.37. The monoisotopic (exact) mass is 439 g/mol. The SMILES string of the molecule is Cc1ccc(NC(=O)COc2cccc(/C=C(/C#N)C(=O)Nc3ccc(C)cc3C)c2)cc1. The molecule has 3 rings (SSSR count). The van der Waals surface area contributed by atoms with Gasteiger partial charge in [-0.1, -0.05) is 47.5 Å². The molecule has 3 aromatic carbocycles. The second kappa shape index (κ2) is 10.8. The van der Waals surface area contributed by atoms with Crippen LogP contribution in [-0.2, 0) is 9.59 Å². The van der Waals surface area contributed by atoms with Crippen molar-refractivity contribution in [3.63, 3.8) is 0 Å². The van der Waals surface area contributed by atoms with E-state index in [0.717, 1.165) is 16.7 Å². The van der Waals surface area contributed by atoms with Crippen LogP contribution < -0.4 is 15.4 Å². The molecule has 0 aliphatic heterocycles. The first-order chi connectivity index (χ1) is 15.8. The molecule has 6 heteroatoms. The van der Waals surface area contributed by atoms with Crippen molar-refractivity contribution in [2.24, 2.45) is 0 Å². The number of nitriles is 1. The number of hydrogen-bond donors (Lipinski definition) is 2. The van der Waals surface area contributed by atoms with Crippen molar-refractivity contribution < 1.29 is 14.3 Å². The number of nitrogens with zero attached hydrogens (tertiary/aromatic N) is 1. The van der Waals surface area contributed by atoms with Crippen LogP contribution in [-0.4, -0.2) is 18.4 Å². The smallest absolute Gasteiger partial charge is 0.266 e. The third-order valence-corrected chi connectivity index (χ3v) is 4.87. The first kappa shape index (κ1) is 23.3. The minimum absolute atomic E-state index is 0.0377. The molecule has 0 radical (unpaired) electrons. The molecule has 6 nitrogen and oxygen atoms in total. The van der Waals surface area contributed by atoms with Crippen molar-refractivity contribution in [2.45, 2.75) is 20.8 Å². The highest BCUT2D eigenvalue weighted by atomic mass is 16.5. The predicted octanol–water partition coefficient (Wildman–Crippen LogP) is 5.18. The van der Waals surface area contributed by atoms with Crippen molar-refractivity contribution in [3.05, 3.63) is 94.6 Å². The average molecular weight is 440 g/mol. The first-order valence-electron chi connectivity index (χ1n) is 10.4. The normalized spacial score (nSPS) is 10.8. The lowest BCUT2D eigenvalue weighted by molar-refractivity contribution is -0.118. The Kier molecular flexibility index (Phi) is 7.61. The van der Waals surface area contributed by atoms with Gasteiger partial charge in [0.25, 0.3) is 11.8 Å². The van der Waals surface area contributed by atoms with Gasteiger partial charge in [-0.2, -0.15) is 5.26 Å². The number of hydrogen-bond acceptors (Lipinski definition) is 4. The summed E-state index contributed by atoms with van der Waals surface area (Å²) in [5.74, 6) is -0.325. The van der Waals surface area contributed by atoms with Gasteiger partial charge in [0.1, 0.15) is 17.4 Å². The van der Waals surface area contributed by atoms with Crippen LogP contribution in [0.5, 0.6) is 5.75 Å². The molecule has 33 heavy (non-hydrogen) atoms. The van der Waals surface area contributed by atoms with E-state index >= 15 is 0 Å². The van der Waals surface area contributed by atoms with E-state index in [4.69, 9.17) is 4.74 Å². The molecule has 3 aromatic rings. The zero-order valence-corrected chi connectivity index (χ0v) is 18.8.